The molecule has 0 radical (unpaired) electrons. The van der Waals surface area contributed by atoms with Crippen molar-refractivity contribution in [1.82, 2.24) is 0 Å². The van der Waals surface area contributed by atoms with Crippen LogP contribution in [0.4, 0.5) is 0 Å². The van der Waals surface area contributed by atoms with Crippen LogP contribution < -0.4 is 4.74 Å². The SMILES string of the molecule is CCOC1CC2(C1)C[C@H](O)c1cc(Cl)ccc1O2. The Bertz CT molecular complexity index is 454. The van der Waals surface area contributed by atoms with Gasteiger partial charge in [0.1, 0.15) is 11.4 Å². The average Bonchev–Trinajstić information content (AvgIpc) is 2.29. The van der Waals surface area contributed by atoms with Gasteiger partial charge < -0.3 is 14.6 Å². The van der Waals surface area contributed by atoms with Crippen molar-refractivity contribution in [1.29, 1.82) is 0 Å². The zero-order valence-corrected chi connectivity index (χ0v) is 11.1. The molecule has 1 aromatic carbocycles. The standard InChI is InChI=1S/C14H17ClO3/c1-2-17-10-6-14(7-10)8-12(16)11-5-9(15)3-4-13(11)18-14/h3-5,10,12,16H,2,6-8H2,1H3/t10?,12-,14?/m0/s1. The maximum Gasteiger partial charge on any atom is 0.126 e. The molecule has 1 saturated carbocycles. The highest BCUT2D eigenvalue weighted by molar-refractivity contribution is 6.30. The molecule has 3 nitrogen and oxygen atoms in total. The van der Waals surface area contributed by atoms with Crippen molar-refractivity contribution in [2.24, 2.45) is 0 Å². The van der Waals surface area contributed by atoms with Crippen LogP contribution in [0.2, 0.25) is 5.02 Å². The first-order valence-corrected chi connectivity index (χ1v) is 6.78. The molecule has 0 saturated heterocycles. The van der Waals surface area contributed by atoms with Crippen molar-refractivity contribution in [3.05, 3.63) is 28.8 Å². The third kappa shape index (κ3) is 2.00. The normalized spacial score (nSPS) is 33.7. The minimum atomic E-state index is -0.491. The fourth-order valence-electron chi connectivity index (χ4n) is 2.98. The van der Waals surface area contributed by atoms with E-state index in [9.17, 15) is 5.11 Å². The number of aliphatic hydroxyl groups is 1. The van der Waals surface area contributed by atoms with E-state index in [-0.39, 0.29) is 11.7 Å². The second-order valence-corrected chi connectivity index (χ2v) is 5.61. The maximum absolute atomic E-state index is 10.2. The van der Waals surface area contributed by atoms with Crippen molar-refractivity contribution in [3.63, 3.8) is 0 Å². The third-order valence-corrected chi connectivity index (χ3v) is 4.06. The summed E-state index contributed by atoms with van der Waals surface area (Å²) in [4.78, 5) is 0. The summed E-state index contributed by atoms with van der Waals surface area (Å²) in [5.74, 6) is 0.757. The van der Waals surface area contributed by atoms with E-state index in [0.29, 0.717) is 11.4 Å². The van der Waals surface area contributed by atoms with Gasteiger partial charge in [0.05, 0.1) is 12.2 Å². The van der Waals surface area contributed by atoms with Crippen LogP contribution in [0.1, 0.15) is 37.9 Å². The Balaban J connectivity index is 1.79. The summed E-state index contributed by atoms with van der Waals surface area (Å²) in [6, 6.07) is 5.42. The van der Waals surface area contributed by atoms with E-state index < -0.39 is 6.10 Å². The second kappa shape index (κ2) is 4.41. The molecule has 0 unspecified atom stereocenters. The van der Waals surface area contributed by atoms with E-state index in [1.807, 2.05) is 13.0 Å². The Morgan fingerprint density at radius 2 is 2.22 bits per heavy atom. The van der Waals surface area contributed by atoms with Gasteiger partial charge in [-0.1, -0.05) is 11.6 Å². The highest BCUT2D eigenvalue weighted by Crippen LogP contribution is 2.50. The summed E-state index contributed by atoms with van der Waals surface area (Å²) in [5.41, 5.74) is 0.563. The monoisotopic (exact) mass is 268 g/mol. The summed E-state index contributed by atoms with van der Waals surface area (Å²) < 4.78 is 11.6. The number of aliphatic hydroxyl groups excluding tert-OH is 1. The number of benzene rings is 1. The van der Waals surface area contributed by atoms with Gasteiger partial charge in [-0.05, 0) is 25.1 Å². The van der Waals surface area contributed by atoms with Crippen LogP contribution in [0.5, 0.6) is 5.75 Å². The topological polar surface area (TPSA) is 38.7 Å². The van der Waals surface area contributed by atoms with Gasteiger partial charge >= 0.3 is 0 Å². The van der Waals surface area contributed by atoms with Crippen LogP contribution >= 0.6 is 11.6 Å². The zero-order chi connectivity index (χ0) is 12.8. The fraction of sp³-hybridized carbons (Fsp3) is 0.571. The number of hydrogen-bond donors (Lipinski definition) is 1. The van der Waals surface area contributed by atoms with Gasteiger partial charge in [0.2, 0.25) is 0 Å². The lowest BCUT2D eigenvalue weighted by atomic mass is 9.71. The number of hydrogen-bond acceptors (Lipinski definition) is 3. The molecule has 0 bridgehead atoms. The van der Waals surface area contributed by atoms with E-state index in [0.717, 1.165) is 30.8 Å². The van der Waals surface area contributed by atoms with Crippen molar-refractivity contribution >= 4 is 11.6 Å². The Labute approximate surface area is 112 Å². The predicted molar refractivity (Wildman–Crippen MR) is 69.0 cm³/mol. The number of rotatable bonds is 2. The molecule has 1 aliphatic heterocycles. The molecule has 1 heterocycles. The predicted octanol–water partition coefficient (Wildman–Crippen LogP) is 3.09. The fourth-order valence-corrected chi connectivity index (χ4v) is 3.16. The van der Waals surface area contributed by atoms with Crippen molar-refractivity contribution in [2.75, 3.05) is 6.61 Å². The van der Waals surface area contributed by atoms with Crippen LogP contribution in [0, 0.1) is 0 Å². The second-order valence-electron chi connectivity index (χ2n) is 5.17. The molecule has 1 N–H and O–H groups in total. The minimum absolute atomic E-state index is 0.236. The third-order valence-electron chi connectivity index (χ3n) is 3.82. The maximum atomic E-state index is 10.2. The first-order chi connectivity index (χ1) is 8.62. The number of halogens is 1. The molecule has 0 aromatic heterocycles. The molecule has 1 fully saturated rings. The molecule has 1 aliphatic carbocycles. The van der Waals surface area contributed by atoms with Crippen molar-refractivity contribution in [3.8, 4) is 5.75 Å². The van der Waals surface area contributed by atoms with Gasteiger partial charge in [-0.25, -0.2) is 0 Å². The number of ether oxygens (including phenoxy) is 2. The quantitative estimate of drug-likeness (QED) is 0.896. The van der Waals surface area contributed by atoms with E-state index in [2.05, 4.69) is 0 Å². The smallest absolute Gasteiger partial charge is 0.126 e. The van der Waals surface area contributed by atoms with E-state index in [1.165, 1.54) is 0 Å². The van der Waals surface area contributed by atoms with Crippen molar-refractivity contribution < 1.29 is 14.6 Å². The summed E-state index contributed by atoms with van der Waals surface area (Å²) in [5, 5.41) is 10.9. The van der Waals surface area contributed by atoms with Crippen LogP contribution in [0.3, 0.4) is 0 Å². The Morgan fingerprint density at radius 3 is 2.94 bits per heavy atom. The largest absolute Gasteiger partial charge is 0.487 e. The molecule has 4 heteroatoms. The molecule has 1 atom stereocenters. The summed E-state index contributed by atoms with van der Waals surface area (Å²) >= 11 is 5.94. The van der Waals surface area contributed by atoms with Crippen LogP contribution in [-0.4, -0.2) is 23.4 Å². The minimum Gasteiger partial charge on any atom is -0.487 e. The molecule has 98 valence electrons. The van der Waals surface area contributed by atoms with Crippen LogP contribution in [0.15, 0.2) is 18.2 Å². The summed E-state index contributed by atoms with van der Waals surface area (Å²) in [6.45, 7) is 2.73. The first kappa shape index (κ1) is 12.3. The van der Waals surface area contributed by atoms with Gasteiger partial charge in [0, 0.05) is 36.5 Å². The zero-order valence-electron chi connectivity index (χ0n) is 10.4. The summed E-state index contributed by atoms with van der Waals surface area (Å²) in [6.07, 6.45) is 2.13. The van der Waals surface area contributed by atoms with Gasteiger partial charge in [-0.3, -0.25) is 0 Å². The van der Waals surface area contributed by atoms with E-state index in [4.69, 9.17) is 21.1 Å². The molecule has 1 spiro atoms. The number of fused-ring (bicyclic) bond motifs is 1. The van der Waals surface area contributed by atoms with Gasteiger partial charge in [0.25, 0.3) is 0 Å². The molecule has 18 heavy (non-hydrogen) atoms. The van der Waals surface area contributed by atoms with Crippen molar-refractivity contribution in [2.45, 2.75) is 44.0 Å². The Hall–Kier alpha value is -0.770. The highest BCUT2D eigenvalue weighted by atomic mass is 35.5. The lowest BCUT2D eigenvalue weighted by Crippen LogP contribution is -2.55. The van der Waals surface area contributed by atoms with Gasteiger partial charge in [0.15, 0.2) is 0 Å². The van der Waals surface area contributed by atoms with Crippen LogP contribution in [0.25, 0.3) is 0 Å². The average molecular weight is 269 g/mol. The molecule has 2 aliphatic rings. The first-order valence-electron chi connectivity index (χ1n) is 6.40. The molecular weight excluding hydrogens is 252 g/mol. The van der Waals surface area contributed by atoms with E-state index in [1.54, 1.807) is 12.1 Å². The molecular formula is C14H17ClO3. The lowest BCUT2D eigenvalue weighted by Gasteiger charge is -2.50. The molecule has 1 aromatic rings. The van der Waals surface area contributed by atoms with Gasteiger partial charge in [-0.2, -0.15) is 0 Å². The van der Waals surface area contributed by atoms with Gasteiger partial charge in [-0.15, -0.1) is 0 Å². The van der Waals surface area contributed by atoms with E-state index >= 15 is 0 Å². The Kier molecular flexibility index (Phi) is 3.00. The molecule has 0 amide bonds. The molecule has 3 rings (SSSR count). The summed E-state index contributed by atoms with van der Waals surface area (Å²) in [7, 11) is 0. The lowest BCUT2D eigenvalue weighted by molar-refractivity contribution is -0.147. The van der Waals surface area contributed by atoms with Crippen LogP contribution in [-0.2, 0) is 4.74 Å². The highest BCUT2D eigenvalue weighted by Gasteiger charge is 2.51. The Morgan fingerprint density at radius 1 is 1.44 bits per heavy atom.